The van der Waals surface area contributed by atoms with Crippen molar-refractivity contribution in [1.29, 1.82) is 0 Å². The molecule has 0 radical (unpaired) electrons. The molecule has 23 heavy (non-hydrogen) atoms. The van der Waals surface area contributed by atoms with E-state index in [9.17, 15) is 4.79 Å². The van der Waals surface area contributed by atoms with Crippen LogP contribution in [0, 0.1) is 23.2 Å². The number of ether oxygens (including phenoxy) is 2. The summed E-state index contributed by atoms with van der Waals surface area (Å²) in [5.74, 6) is 0.0639. The average Bonchev–Trinajstić information content (AvgIpc) is 3.25. The molecule has 0 aromatic heterocycles. The average molecular weight is 310 g/mol. The van der Waals surface area contributed by atoms with Crippen LogP contribution in [0.1, 0.15) is 31.2 Å². The molecule has 1 spiro atoms. The molecule has 3 nitrogen and oxygen atoms in total. The number of methoxy groups -OCH3 is 1. The van der Waals surface area contributed by atoms with E-state index in [1.165, 1.54) is 0 Å². The Hall–Kier alpha value is -1.45. The third-order valence-electron chi connectivity index (χ3n) is 6.80. The van der Waals surface area contributed by atoms with E-state index in [0.29, 0.717) is 24.2 Å². The molecule has 1 aromatic carbocycles. The molecule has 3 heteroatoms. The number of ketones is 1. The van der Waals surface area contributed by atoms with Gasteiger partial charge in [0.15, 0.2) is 11.6 Å². The van der Waals surface area contributed by atoms with Crippen molar-refractivity contribution in [1.82, 2.24) is 0 Å². The number of carbonyl (C=O) groups excluding carboxylic acids is 1. The number of rotatable bonds is 2. The fraction of sp³-hybridized carbons (Fsp3) is 0.550. The van der Waals surface area contributed by atoms with Gasteiger partial charge in [-0.15, -0.1) is 0 Å². The molecule has 2 saturated carbocycles. The lowest BCUT2D eigenvalue weighted by molar-refractivity contribution is -0.254. The fourth-order valence-corrected chi connectivity index (χ4v) is 5.99. The maximum Gasteiger partial charge on any atom is 0.184 e. The van der Waals surface area contributed by atoms with Crippen LogP contribution in [-0.4, -0.2) is 25.3 Å². The number of allylic oxidation sites excluding steroid dienone is 1. The van der Waals surface area contributed by atoms with Gasteiger partial charge in [-0.3, -0.25) is 4.79 Å². The van der Waals surface area contributed by atoms with Crippen molar-refractivity contribution < 1.29 is 14.3 Å². The predicted molar refractivity (Wildman–Crippen MR) is 86.5 cm³/mol. The van der Waals surface area contributed by atoms with Crippen LogP contribution >= 0.6 is 0 Å². The molecule has 1 saturated heterocycles. The molecular weight excluding hydrogens is 288 g/mol. The molecule has 5 atom stereocenters. The van der Waals surface area contributed by atoms with Crippen LogP contribution in [0.5, 0.6) is 0 Å². The molecular formula is C20H22O3. The van der Waals surface area contributed by atoms with Crippen molar-refractivity contribution in [3.8, 4) is 0 Å². The molecule has 0 unspecified atom stereocenters. The highest BCUT2D eigenvalue weighted by atomic mass is 16.7. The highest BCUT2D eigenvalue weighted by molar-refractivity contribution is 6.06. The molecule has 1 aliphatic heterocycles. The molecule has 120 valence electrons. The summed E-state index contributed by atoms with van der Waals surface area (Å²) in [5, 5.41) is 0. The lowest BCUT2D eigenvalue weighted by atomic mass is 9.59. The van der Waals surface area contributed by atoms with Crippen LogP contribution < -0.4 is 0 Å². The number of hydrogen-bond acceptors (Lipinski definition) is 3. The second kappa shape index (κ2) is 4.55. The summed E-state index contributed by atoms with van der Waals surface area (Å²) < 4.78 is 12.1. The minimum Gasteiger partial charge on any atom is -0.352 e. The van der Waals surface area contributed by atoms with E-state index in [0.717, 1.165) is 36.8 Å². The Balaban J connectivity index is 1.74. The maximum atomic E-state index is 13.5. The highest BCUT2D eigenvalue weighted by Crippen LogP contribution is 2.67. The SMILES string of the molecule is CO[C@]12OCC[C@H]1[C@H]1CCC[C@]13C=C(c1ccccc1)[C@H]2C3=O. The molecule has 2 bridgehead atoms. The minimum absolute atomic E-state index is 0.254. The zero-order valence-corrected chi connectivity index (χ0v) is 13.5. The quantitative estimate of drug-likeness (QED) is 0.839. The summed E-state index contributed by atoms with van der Waals surface area (Å²) in [6.45, 7) is 0.705. The Morgan fingerprint density at radius 3 is 2.78 bits per heavy atom. The van der Waals surface area contributed by atoms with Crippen molar-refractivity contribution in [2.24, 2.45) is 23.2 Å². The molecule has 5 rings (SSSR count). The second-order valence-corrected chi connectivity index (χ2v) is 7.47. The zero-order chi connectivity index (χ0) is 15.7. The van der Waals surface area contributed by atoms with Gasteiger partial charge in [0.05, 0.1) is 17.9 Å². The van der Waals surface area contributed by atoms with E-state index in [-0.39, 0.29) is 11.3 Å². The van der Waals surface area contributed by atoms with Gasteiger partial charge in [-0.2, -0.15) is 0 Å². The number of hydrogen-bond donors (Lipinski definition) is 0. The van der Waals surface area contributed by atoms with Gasteiger partial charge in [0.2, 0.25) is 0 Å². The van der Waals surface area contributed by atoms with E-state index in [1.807, 2.05) is 18.2 Å². The number of carbonyl (C=O) groups is 1. The van der Waals surface area contributed by atoms with Crippen molar-refractivity contribution >= 4 is 11.4 Å². The van der Waals surface area contributed by atoms with Gasteiger partial charge in [0, 0.05) is 13.0 Å². The molecule has 1 aromatic rings. The summed E-state index contributed by atoms with van der Waals surface area (Å²) in [5.41, 5.74) is 2.02. The van der Waals surface area contributed by atoms with Crippen LogP contribution in [0.2, 0.25) is 0 Å². The number of fused-ring (bicyclic) bond motifs is 4. The summed E-state index contributed by atoms with van der Waals surface area (Å²) >= 11 is 0. The van der Waals surface area contributed by atoms with Crippen LogP contribution in [0.15, 0.2) is 36.4 Å². The Kier molecular flexibility index (Phi) is 2.76. The smallest absolute Gasteiger partial charge is 0.184 e. The summed E-state index contributed by atoms with van der Waals surface area (Å²) in [4.78, 5) is 13.5. The van der Waals surface area contributed by atoms with Gasteiger partial charge in [-0.25, -0.2) is 0 Å². The topological polar surface area (TPSA) is 35.5 Å². The van der Waals surface area contributed by atoms with Gasteiger partial charge in [-0.05, 0) is 36.3 Å². The van der Waals surface area contributed by atoms with Crippen molar-refractivity contribution in [3.05, 3.63) is 42.0 Å². The lowest BCUT2D eigenvalue weighted by Crippen LogP contribution is -2.58. The first-order valence-corrected chi connectivity index (χ1v) is 8.74. The Labute approximate surface area is 136 Å². The summed E-state index contributed by atoms with van der Waals surface area (Å²) in [6.07, 6.45) is 6.57. The highest BCUT2D eigenvalue weighted by Gasteiger charge is 2.72. The van der Waals surface area contributed by atoms with E-state index in [1.54, 1.807) is 7.11 Å². The molecule has 0 amide bonds. The Morgan fingerprint density at radius 2 is 2.00 bits per heavy atom. The standard InChI is InChI=1S/C20H22O3/c1-22-20-16(9-11-23-20)15-8-5-10-19(15)12-14(17(20)18(19)21)13-6-3-2-4-7-13/h2-4,6-7,12,15-17H,5,8-11H2,1H3/t15-,16+,17+,19+,20+/m1/s1. The minimum atomic E-state index is -0.742. The van der Waals surface area contributed by atoms with E-state index in [2.05, 4.69) is 18.2 Å². The first kappa shape index (κ1) is 13.9. The lowest BCUT2D eigenvalue weighted by Gasteiger charge is -2.48. The van der Waals surface area contributed by atoms with Crippen LogP contribution in [0.25, 0.3) is 5.57 Å². The van der Waals surface area contributed by atoms with Gasteiger partial charge in [-0.1, -0.05) is 42.8 Å². The van der Waals surface area contributed by atoms with Crippen LogP contribution in [-0.2, 0) is 14.3 Å². The van der Waals surface area contributed by atoms with Crippen LogP contribution in [0.3, 0.4) is 0 Å². The third-order valence-corrected chi connectivity index (χ3v) is 6.80. The second-order valence-electron chi connectivity index (χ2n) is 7.47. The van der Waals surface area contributed by atoms with Crippen LogP contribution in [0.4, 0.5) is 0 Å². The van der Waals surface area contributed by atoms with Gasteiger partial charge >= 0.3 is 0 Å². The molecule has 3 aliphatic carbocycles. The molecule has 1 heterocycles. The predicted octanol–water partition coefficient (Wildman–Crippen LogP) is 3.45. The van der Waals surface area contributed by atoms with Gasteiger partial charge in [0.25, 0.3) is 0 Å². The van der Waals surface area contributed by atoms with Gasteiger partial charge < -0.3 is 9.47 Å². The van der Waals surface area contributed by atoms with Crippen molar-refractivity contribution in [2.45, 2.75) is 31.5 Å². The maximum absolute atomic E-state index is 13.5. The Morgan fingerprint density at radius 1 is 1.17 bits per heavy atom. The van der Waals surface area contributed by atoms with Crippen molar-refractivity contribution in [3.63, 3.8) is 0 Å². The summed E-state index contributed by atoms with van der Waals surface area (Å²) in [6, 6.07) is 10.3. The van der Waals surface area contributed by atoms with E-state index in [4.69, 9.17) is 9.47 Å². The zero-order valence-electron chi connectivity index (χ0n) is 13.5. The molecule has 4 aliphatic rings. The van der Waals surface area contributed by atoms with E-state index >= 15 is 0 Å². The van der Waals surface area contributed by atoms with Crippen molar-refractivity contribution in [2.75, 3.05) is 13.7 Å². The molecule has 3 fully saturated rings. The van der Waals surface area contributed by atoms with Gasteiger partial charge in [0.1, 0.15) is 0 Å². The third kappa shape index (κ3) is 1.50. The van der Waals surface area contributed by atoms with E-state index < -0.39 is 5.79 Å². The fourth-order valence-electron chi connectivity index (χ4n) is 5.99. The normalized spacial score (nSPS) is 44.1. The number of benzene rings is 1. The monoisotopic (exact) mass is 310 g/mol. The Bertz CT molecular complexity index is 694. The molecule has 0 N–H and O–H groups in total. The largest absolute Gasteiger partial charge is 0.352 e. The first-order valence-electron chi connectivity index (χ1n) is 8.74. The number of Topliss-reactive ketones (excluding diaryl/α,β-unsaturated/α-hetero) is 1. The summed E-state index contributed by atoms with van der Waals surface area (Å²) in [7, 11) is 1.72. The first-order chi connectivity index (χ1) is 11.2.